The largest absolute Gasteiger partial charge is 0.481 e. The van der Waals surface area contributed by atoms with Crippen molar-refractivity contribution in [1.82, 2.24) is 68.5 Å². The minimum absolute atomic E-state index is 0.00117. The molecule has 33 nitrogen and oxygen atoms in total. The van der Waals surface area contributed by atoms with Gasteiger partial charge in [0.2, 0.25) is 70.9 Å². The van der Waals surface area contributed by atoms with E-state index in [1.54, 1.807) is 58.0 Å². The van der Waals surface area contributed by atoms with Crippen LogP contribution in [0.15, 0.2) is 47.8 Å². The summed E-state index contributed by atoms with van der Waals surface area (Å²) < 4.78 is 0. The van der Waals surface area contributed by atoms with Crippen LogP contribution in [0.5, 0.6) is 0 Å². The molecule has 34 heteroatoms. The van der Waals surface area contributed by atoms with Crippen LogP contribution in [-0.4, -0.2) is 199 Å². The lowest BCUT2D eigenvalue weighted by molar-refractivity contribution is -0.142. The quantitative estimate of drug-likeness (QED) is 0.0401. The zero-order valence-corrected chi connectivity index (χ0v) is 59.0. The van der Waals surface area contributed by atoms with Crippen LogP contribution < -0.4 is 75.7 Å². The van der Waals surface area contributed by atoms with E-state index in [-0.39, 0.29) is 94.9 Å². The number of benzene rings is 1. The Labute approximate surface area is 586 Å². The maximum atomic E-state index is 14.9. The number of hydrogen-bond acceptors (Lipinski definition) is 19. The summed E-state index contributed by atoms with van der Waals surface area (Å²) in [6.07, 6.45) is 0.368. The predicted molar refractivity (Wildman–Crippen MR) is 369 cm³/mol. The number of carboxylic acid groups (broad SMARTS) is 2. The highest BCUT2D eigenvalue weighted by atomic mass is 32.2. The molecule has 12 amide bonds. The molecule has 1 aromatic heterocycles. The first kappa shape index (κ1) is 83.4. The van der Waals surface area contributed by atoms with E-state index in [1.807, 2.05) is 27.7 Å². The molecule has 100 heavy (non-hydrogen) atoms. The van der Waals surface area contributed by atoms with Crippen LogP contribution in [0.4, 0.5) is 0 Å². The van der Waals surface area contributed by atoms with Gasteiger partial charge in [-0.1, -0.05) is 105 Å². The smallest absolute Gasteiger partial charge is 0.305 e. The lowest BCUT2D eigenvalue weighted by atomic mass is 9.96. The number of nitrogens with one attached hydrogen (secondary N) is 12. The topological polar surface area (TPSA) is 531 Å². The molecule has 2 aliphatic rings. The molecule has 0 bridgehead atoms. The average Bonchev–Trinajstić information content (AvgIpc) is 1.41. The number of thioether (sulfide) groups is 1. The van der Waals surface area contributed by atoms with Gasteiger partial charge >= 0.3 is 11.9 Å². The standard InChI is InChI=1S/C66H103N17O16S/c1-9-35(6)52(69)66-81-48(32-100-66)63(97)76-43(26-34(4)5)59(93)74-42(22-23-50(85)86)58(92)83-53(36(7)10-2)64(98)75-40-20-15-16-25-71-55(89)46(29-49(68)84)78-62(96)47(30-51(87)88)79-61(95)45(28-39-31-70-33-72-39)77-60(94)44(27-38-18-13-12-14-19-38)80-65(99)54(37(8)11-3)82-57(91)41(21-17-24-67)73-56(40)90/h12-14,18-19,31,33-37,40-48,52-54H,9-11,15-17,20-30,32,67,69H2,1-8H3,(H2,68,84)(H,70,72)(H,71,89)(H,73,90)(H,74,93)(H,75,98)(H,76,97)(H,77,94)(H,78,96)(H,79,95)(H,80,99)(H,82,91)(H,83,92)(H,85,86)(H,87,88)/t35-,36+,37-,40-,41+,42+,43-,44+,45-,46-,47+,48-,52-,53+,54+/m0/s1. The van der Waals surface area contributed by atoms with Crippen LogP contribution in [0.2, 0.25) is 0 Å². The molecule has 0 unspecified atom stereocenters. The maximum Gasteiger partial charge on any atom is 0.305 e. The van der Waals surface area contributed by atoms with Crippen molar-refractivity contribution < 1.29 is 77.3 Å². The molecular weight excluding hydrogens is 1320 g/mol. The first-order valence-electron chi connectivity index (χ1n) is 34.1. The number of primary amides is 1. The molecule has 4 rings (SSSR count). The number of amides is 12. The Kier molecular flexibility index (Phi) is 35.1. The highest BCUT2D eigenvalue weighted by Gasteiger charge is 2.40. The monoisotopic (exact) mass is 1420 g/mol. The summed E-state index contributed by atoms with van der Waals surface area (Å²) in [5, 5.41) is 49.1. The number of aliphatic imine (C=N–C) groups is 1. The lowest BCUT2D eigenvalue weighted by Gasteiger charge is -2.30. The van der Waals surface area contributed by atoms with Crippen molar-refractivity contribution in [3.8, 4) is 0 Å². The third-order valence-electron chi connectivity index (χ3n) is 17.5. The average molecular weight is 1420 g/mol. The Balaban J connectivity index is 1.77. The second kappa shape index (κ2) is 42.1. The fraction of sp³-hybridized carbons (Fsp3) is 0.636. The van der Waals surface area contributed by atoms with Crippen molar-refractivity contribution in [2.24, 2.45) is 45.9 Å². The van der Waals surface area contributed by atoms with Crippen LogP contribution >= 0.6 is 11.8 Å². The molecule has 0 radical (unpaired) electrons. The van der Waals surface area contributed by atoms with Gasteiger partial charge in [-0.3, -0.25) is 72.1 Å². The van der Waals surface area contributed by atoms with E-state index in [2.05, 4.69) is 73.4 Å². The fourth-order valence-electron chi connectivity index (χ4n) is 10.9. The molecule has 0 aliphatic carbocycles. The first-order valence-corrected chi connectivity index (χ1v) is 35.1. The third kappa shape index (κ3) is 27.6. The number of nitrogens with two attached hydrogens (primary N) is 3. The van der Waals surface area contributed by atoms with E-state index >= 15 is 0 Å². The molecule has 0 saturated carbocycles. The molecular formula is C66H103N17O16S. The Bertz CT molecular complexity index is 3160. The van der Waals surface area contributed by atoms with E-state index < -0.39 is 193 Å². The van der Waals surface area contributed by atoms with Gasteiger partial charge in [0.1, 0.15) is 66.5 Å². The summed E-state index contributed by atoms with van der Waals surface area (Å²) in [6, 6.07) is -8.34. The SMILES string of the molecule is CC[C@@H](C)[C@@H](NC(=O)[C@@H](CCC(=O)O)NC(=O)[C@H](CC(C)C)NC(=O)[C@@H]1CSC([C@@H](N)[C@@H](C)CC)=N1)C(=O)N[C@H]1CCCCNC(=O)[C@H](CC(N)=O)NC(=O)[C@@H](CC(=O)O)NC(=O)[C@H](Cc2cnc[nH]2)NC(=O)[C@@H](Cc2ccccc2)NC(=O)[C@@H]([C@@H](C)CC)NC(=O)[C@@H](CCCN)NC1=O. The number of nitrogens with zero attached hydrogens (tertiary/aromatic N) is 2. The van der Waals surface area contributed by atoms with Gasteiger partial charge in [0.15, 0.2) is 0 Å². The van der Waals surface area contributed by atoms with E-state index in [0.29, 0.717) is 16.3 Å². The number of hydrogen-bond donors (Lipinski definition) is 17. The van der Waals surface area contributed by atoms with E-state index in [1.165, 1.54) is 24.3 Å². The Morgan fingerprint density at radius 2 is 1.26 bits per heavy atom. The Morgan fingerprint density at radius 3 is 1.85 bits per heavy atom. The molecule has 2 aliphatic heterocycles. The zero-order chi connectivity index (χ0) is 74.3. The van der Waals surface area contributed by atoms with Crippen molar-refractivity contribution >= 4 is 99.6 Å². The van der Waals surface area contributed by atoms with Gasteiger partial charge in [-0.15, -0.1) is 11.8 Å². The van der Waals surface area contributed by atoms with Gasteiger partial charge in [0.05, 0.1) is 30.3 Å². The van der Waals surface area contributed by atoms with Gasteiger partial charge in [0.25, 0.3) is 0 Å². The number of aromatic nitrogens is 2. The van der Waals surface area contributed by atoms with Gasteiger partial charge in [-0.25, -0.2) is 4.98 Å². The number of aromatic amines is 1. The minimum Gasteiger partial charge on any atom is -0.481 e. The maximum absolute atomic E-state index is 14.9. The minimum atomic E-state index is -1.94. The highest BCUT2D eigenvalue weighted by Crippen LogP contribution is 2.25. The van der Waals surface area contributed by atoms with Crippen LogP contribution in [0.1, 0.15) is 150 Å². The van der Waals surface area contributed by atoms with E-state index in [9.17, 15) is 77.3 Å². The van der Waals surface area contributed by atoms with Crippen molar-refractivity contribution in [2.75, 3.05) is 18.8 Å². The van der Waals surface area contributed by atoms with Crippen LogP contribution in [0.3, 0.4) is 0 Å². The van der Waals surface area contributed by atoms with E-state index in [0.717, 1.165) is 6.42 Å². The highest BCUT2D eigenvalue weighted by molar-refractivity contribution is 8.14. The molecule has 3 heterocycles. The van der Waals surface area contributed by atoms with Crippen molar-refractivity contribution in [1.29, 1.82) is 0 Å². The molecule has 554 valence electrons. The fourth-order valence-corrected chi connectivity index (χ4v) is 12.0. The summed E-state index contributed by atoms with van der Waals surface area (Å²) >= 11 is 1.35. The number of rotatable bonds is 31. The van der Waals surface area contributed by atoms with Crippen LogP contribution in [-0.2, 0) is 80.0 Å². The zero-order valence-electron chi connectivity index (χ0n) is 58.2. The molecule has 0 spiro atoms. The molecule has 15 atom stereocenters. The summed E-state index contributed by atoms with van der Waals surface area (Å²) in [5.41, 5.74) is 18.7. The van der Waals surface area contributed by atoms with E-state index in [4.69, 9.17) is 17.2 Å². The summed E-state index contributed by atoms with van der Waals surface area (Å²) in [4.78, 5) is 207. The predicted octanol–water partition coefficient (Wildman–Crippen LogP) is -1.68. The summed E-state index contributed by atoms with van der Waals surface area (Å²) in [6.45, 7) is 14.1. The third-order valence-corrected chi connectivity index (χ3v) is 18.6. The van der Waals surface area contributed by atoms with Crippen molar-refractivity contribution in [3.05, 3.63) is 54.1 Å². The number of carbonyl (C=O) groups excluding carboxylic acids is 12. The molecule has 1 saturated heterocycles. The normalized spacial score (nSPS) is 23.1. The van der Waals surface area contributed by atoms with Gasteiger partial charge in [-0.05, 0) is 80.7 Å². The number of imidazole rings is 1. The number of aliphatic carboxylic acids is 2. The first-order chi connectivity index (χ1) is 47.4. The number of carboxylic acids is 2. The van der Waals surface area contributed by atoms with Crippen LogP contribution in [0, 0.1) is 23.7 Å². The summed E-state index contributed by atoms with van der Waals surface area (Å²) in [5.74, 6) is -15.4. The van der Waals surface area contributed by atoms with Crippen LogP contribution in [0.25, 0.3) is 0 Å². The molecule has 2 aromatic rings. The summed E-state index contributed by atoms with van der Waals surface area (Å²) in [7, 11) is 0. The number of carbonyl (C=O) groups is 14. The number of H-pyrrole nitrogens is 1. The second-order valence-corrected chi connectivity index (χ2v) is 27.0. The Hall–Kier alpha value is -9.05. The van der Waals surface area contributed by atoms with Crippen molar-refractivity contribution in [2.45, 2.75) is 224 Å². The molecule has 1 aromatic carbocycles. The Morgan fingerprint density at radius 1 is 0.660 bits per heavy atom. The van der Waals surface area contributed by atoms with Gasteiger partial charge < -0.3 is 90.9 Å². The molecule has 20 N–H and O–H groups in total. The van der Waals surface area contributed by atoms with Crippen molar-refractivity contribution in [3.63, 3.8) is 0 Å². The van der Waals surface area contributed by atoms with Gasteiger partial charge in [0, 0.05) is 43.5 Å². The molecule has 1 fully saturated rings. The lowest BCUT2D eigenvalue weighted by Crippen LogP contribution is -2.62. The van der Waals surface area contributed by atoms with Gasteiger partial charge in [-0.2, -0.15) is 0 Å². The second-order valence-electron chi connectivity index (χ2n) is 26.0.